The molecule has 0 radical (unpaired) electrons. The maximum absolute atomic E-state index is 12.9. The summed E-state index contributed by atoms with van der Waals surface area (Å²) in [5, 5.41) is 5.49. The molecule has 0 bridgehead atoms. The molecule has 0 fully saturated rings. The Balaban J connectivity index is 2.26. The van der Waals surface area contributed by atoms with Crippen molar-refractivity contribution in [1.82, 2.24) is 14.8 Å². The lowest BCUT2D eigenvalue weighted by atomic mass is 10.2. The smallest absolute Gasteiger partial charge is 0.163 e. The molecule has 3 rings (SSSR count). The Hall–Kier alpha value is -2.23. The molecule has 0 aliphatic carbocycles. The van der Waals surface area contributed by atoms with Gasteiger partial charge in [0.1, 0.15) is 5.82 Å². The molecule has 0 atom stereocenters. The van der Waals surface area contributed by atoms with Crippen LogP contribution in [0.4, 0.5) is 4.39 Å². The monoisotopic (exact) mass is 241 g/mol. The van der Waals surface area contributed by atoms with Gasteiger partial charge < -0.3 is 0 Å². The summed E-state index contributed by atoms with van der Waals surface area (Å²) in [6.07, 6.45) is 1.81. The third-order valence-corrected chi connectivity index (χ3v) is 2.91. The highest BCUT2D eigenvalue weighted by Crippen LogP contribution is 2.20. The fourth-order valence-electron chi connectivity index (χ4n) is 2.01. The lowest BCUT2D eigenvalue weighted by Gasteiger charge is -2.02. The van der Waals surface area contributed by atoms with Crippen LogP contribution in [0, 0.1) is 19.7 Å². The zero-order chi connectivity index (χ0) is 12.7. The van der Waals surface area contributed by atoms with Crippen LogP contribution in [-0.4, -0.2) is 14.8 Å². The van der Waals surface area contributed by atoms with Gasteiger partial charge in [-0.25, -0.2) is 14.1 Å². The number of aromatic nitrogens is 3. The van der Waals surface area contributed by atoms with E-state index in [9.17, 15) is 4.39 Å². The van der Waals surface area contributed by atoms with Crippen molar-refractivity contribution in [2.75, 3.05) is 0 Å². The van der Waals surface area contributed by atoms with Gasteiger partial charge in [0.05, 0.1) is 11.4 Å². The highest BCUT2D eigenvalue weighted by molar-refractivity contribution is 5.80. The molecule has 0 N–H and O–H groups in total. The summed E-state index contributed by atoms with van der Waals surface area (Å²) in [4.78, 5) is 4.41. The molecule has 2 aromatic heterocycles. The minimum Gasteiger partial charge on any atom is -0.236 e. The molecule has 3 aromatic rings. The van der Waals surface area contributed by atoms with Crippen LogP contribution in [0.3, 0.4) is 0 Å². The highest BCUT2D eigenvalue weighted by atomic mass is 19.1. The van der Waals surface area contributed by atoms with Gasteiger partial charge in [0.15, 0.2) is 5.65 Å². The van der Waals surface area contributed by atoms with Gasteiger partial charge in [0.25, 0.3) is 0 Å². The van der Waals surface area contributed by atoms with Crippen LogP contribution >= 0.6 is 0 Å². The Morgan fingerprint density at radius 2 is 1.83 bits per heavy atom. The van der Waals surface area contributed by atoms with Crippen molar-refractivity contribution in [3.05, 3.63) is 53.6 Å². The van der Waals surface area contributed by atoms with Gasteiger partial charge in [0, 0.05) is 11.6 Å². The molecule has 4 heteroatoms. The molecule has 0 aliphatic rings. The van der Waals surface area contributed by atoms with E-state index in [4.69, 9.17) is 0 Å². The molecule has 1 aromatic carbocycles. The normalized spacial score (nSPS) is 11.1. The van der Waals surface area contributed by atoms with E-state index >= 15 is 0 Å². The summed E-state index contributed by atoms with van der Waals surface area (Å²) in [5.41, 5.74) is 3.63. The summed E-state index contributed by atoms with van der Waals surface area (Å²) < 4.78 is 14.7. The average molecular weight is 241 g/mol. The third kappa shape index (κ3) is 1.66. The van der Waals surface area contributed by atoms with Gasteiger partial charge in [-0.3, -0.25) is 0 Å². The molecule has 0 saturated carbocycles. The Bertz CT molecular complexity index is 714. The molecule has 3 nitrogen and oxygen atoms in total. The lowest BCUT2D eigenvalue weighted by Crippen LogP contribution is -1.97. The molecule has 2 heterocycles. The second-order valence-electron chi connectivity index (χ2n) is 4.36. The lowest BCUT2D eigenvalue weighted by molar-refractivity contribution is 0.627. The number of hydrogen-bond acceptors (Lipinski definition) is 2. The summed E-state index contributed by atoms with van der Waals surface area (Å²) in [7, 11) is 0. The number of fused-ring (bicyclic) bond motifs is 1. The maximum atomic E-state index is 12.9. The SMILES string of the molecule is Cc1cnc2c(c1)c(C)nn2-c1ccc(F)cc1. The number of rotatable bonds is 1. The van der Waals surface area contributed by atoms with E-state index in [0.29, 0.717) is 0 Å². The second-order valence-corrected chi connectivity index (χ2v) is 4.36. The number of nitrogens with zero attached hydrogens (tertiary/aromatic N) is 3. The minimum absolute atomic E-state index is 0.254. The van der Waals surface area contributed by atoms with Crippen LogP contribution < -0.4 is 0 Å². The van der Waals surface area contributed by atoms with E-state index in [0.717, 1.165) is 28.0 Å². The first kappa shape index (κ1) is 10.9. The fourth-order valence-corrected chi connectivity index (χ4v) is 2.01. The van der Waals surface area contributed by atoms with E-state index in [-0.39, 0.29) is 5.82 Å². The Kier molecular flexibility index (Phi) is 2.37. The topological polar surface area (TPSA) is 30.7 Å². The first-order valence-electron chi connectivity index (χ1n) is 5.73. The average Bonchev–Trinajstić information content (AvgIpc) is 2.68. The van der Waals surface area contributed by atoms with Crippen LogP contribution in [0.5, 0.6) is 0 Å². The van der Waals surface area contributed by atoms with Crippen LogP contribution in [0.1, 0.15) is 11.3 Å². The van der Waals surface area contributed by atoms with Gasteiger partial charge in [-0.15, -0.1) is 0 Å². The zero-order valence-corrected chi connectivity index (χ0v) is 10.2. The molecule has 0 saturated heterocycles. The van der Waals surface area contributed by atoms with Gasteiger partial charge in [-0.2, -0.15) is 5.10 Å². The van der Waals surface area contributed by atoms with Crippen molar-refractivity contribution in [3.8, 4) is 5.69 Å². The largest absolute Gasteiger partial charge is 0.236 e. The summed E-state index contributed by atoms with van der Waals surface area (Å²) in [5.74, 6) is -0.254. The summed E-state index contributed by atoms with van der Waals surface area (Å²) >= 11 is 0. The van der Waals surface area contributed by atoms with Gasteiger partial charge in [-0.1, -0.05) is 0 Å². The van der Waals surface area contributed by atoms with Crippen LogP contribution in [-0.2, 0) is 0 Å². The van der Waals surface area contributed by atoms with Crippen molar-refractivity contribution in [1.29, 1.82) is 0 Å². The van der Waals surface area contributed by atoms with Crippen LogP contribution in [0.2, 0.25) is 0 Å². The molecular formula is C14H12FN3. The van der Waals surface area contributed by atoms with Crippen molar-refractivity contribution in [2.24, 2.45) is 0 Å². The fraction of sp³-hybridized carbons (Fsp3) is 0.143. The van der Waals surface area contributed by atoms with E-state index < -0.39 is 0 Å². The Labute approximate surface area is 104 Å². The molecule has 0 spiro atoms. The predicted octanol–water partition coefficient (Wildman–Crippen LogP) is 3.18. The number of benzene rings is 1. The van der Waals surface area contributed by atoms with Crippen LogP contribution in [0.15, 0.2) is 36.5 Å². The number of halogens is 1. The predicted molar refractivity (Wildman–Crippen MR) is 68.3 cm³/mol. The quantitative estimate of drug-likeness (QED) is 0.655. The van der Waals surface area contributed by atoms with E-state index in [2.05, 4.69) is 16.1 Å². The van der Waals surface area contributed by atoms with E-state index in [1.165, 1.54) is 12.1 Å². The second kappa shape index (κ2) is 3.91. The van der Waals surface area contributed by atoms with Crippen molar-refractivity contribution < 1.29 is 4.39 Å². The molecule has 0 aliphatic heterocycles. The minimum atomic E-state index is -0.254. The Morgan fingerprint density at radius 3 is 2.56 bits per heavy atom. The molecule has 90 valence electrons. The van der Waals surface area contributed by atoms with Gasteiger partial charge in [0.2, 0.25) is 0 Å². The first-order chi connectivity index (χ1) is 8.65. The van der Waals surface area contributed by atoms with Gasteiger partial charge in [-0.05, 0) is 49.7 Å². The Morgan fingerprint density at radius 1 is 1.11 bits per heavy atom. The highest BCUT2D eigenvalue weighted by Gasteiger charge is 2.10. The van der Waals surface area contributed by atoms with Crippen LogP contribution in [0.25, 0.3) is 16.7 Å². The maximum Gasteiger partial charge on any atom is 0.163 e. The number of aryl methyl sites for hydroxylation is 2. The van der Waals surface area contributed by atoms with E-state index in [1.54, 1.807) is 16.8 Å². The molecule has 0 amide bonds. The number of hydrogen-bond donors (Lipinski definition) is 0. The molecular weight excluding hydrogens is 229 g/mol. The molecule has 18 heavy (non-hydrogen) atoms. The summed E-state index contributed by atoms with van der Waals surface area (Å²) in [6.45, 7) is 3.95. The van der Waals surface area contributed by atoms with Gasteiger partial charge >= 0.3 is 0 Å². The molecule has 0 unspecified atom stereocenters. The van der Waals surface area contributed by atoms with E-state index in [1.807, 2.05) is 20.0 Å². The van der Waals surface area contributed by atoms with Crippen molar-refractivity contribution in [3.63, 3.8) is 0 Å². The first-order valence-corrected chi connectivity index (χ1v) is 5.73. The number of pyridine rings is 1. The zero-order valence-electron chi connectivity index (χ0n) is 10.2. The standard InChI is InChI=1S/C14H12FN3/c1-9-7-13-10(2)17-18(14(13)16-8-9)12-5-3-11(15)4-6-12/h3-8H,1-2H3. The van der Waals surface area contributed by atoms with Crippen molar-refractivity contribution >= 4 is 11.0 Å². The summed E-state index contributed by atoms with van der Waals surface area (Å²) in [6, 6.07) is 8.30. The van der Waals surface area contributed by atoms with Crippen molar-refractivity contribution in [2.45, 2.75) is 13.8 Å². The third-order valence-electron chi connectivity index (χ3n) is 2.91.